The summed E-state index contributed by atoms with van der Waals surface area (Å²) in [6.07, 6.45) is 0.708. The lowest BCUT2D eigenvalue weighted by molar-refractivity contribution is 0.0935. The number of methoxy groups -OCH3 is 1. The van der Waals surface area contributed by atoms with Gasteiger partial charge in [-0.3, -0.25) is 9.10 Å². The Morgan fingerprint density at radius 2 is 1.68 bits per heavy atom. The highest BCUT2D eigenvalue weighted by Gasteiger charge is 2.22. The van der Waals surface area contributed by atoms with E-state index >= 15 is 0 Å². The van der Waals surface area contributed by atoms with Gasteiger partial charge in [0.25, 0.3) is 15.9 Å². The lowest BCUT2D eigenvalue weighted by atomic mass is 10.0. The van der Waals surface area contributed by atoms with Gasteiger partial charge in [-0.15, -0.1) is 0 Å². The van der Waals surface area contributed by atoms with Crippen molar-refractivity contribution in [1.82, 2.24) is 5.32 Å². The summed E-state index contributed by atoms with van der Waals surface area (Å²) < 4.78 is 32.1. The number of hydrogen-bond acceptors (Lipinski definition) is 4. The van der Waals surface area contributed by atoms with Crippen molar-refractivity contribution in [2.45, 2.75) is 24.3 Å². The molecule has 1 amide bonds. The van der Waals surface area contributed by atoms with Crippen LogP contribution < -0.4 is 14.4 Å². The van der Waals surface area contributed by atoms with E-state index in [2.05, 4.69) is 5.32 Å². The first kappa shape index (κ1) is 22.4. The molecule has 0 radical (unpaired) electrons. The van der Waals surface area contributed by atoms with Crippen LogP contribution in [0.1, 0.15) is 35.3 Å². The number of ether oxygens (including phenoxy) is 1. The Hall–Kier alpha value is -3.32. The molecule has 0 aliphatic rings. The molecule has 162 valence electrons. The van der Waals surface area contributed by atoms with Crippen molar-refractivity contribution >= 4 is 21.6 Å². The molecule has 6 nitrogen and oxygen atoms in total. The number of nitrogens with zero attached hydrogens (tertiary/aromatic N) is 1. The van der Waals surface area contributed by atoms with Gasteiger partial charge in [-0.2, -0.15) is 0 Å². The summed E-state index contributed by atoms with van der Waals surface area (Å²) in [5, 5.41) is 3.03. The number of hydrogen-bond donors (Lipinski definition) is 1. The van der Waals surface area contributed by atoms with Crippen LogP contribution in [0.5, 0.6) is 5.75 Å². The van der Waals surface area contributed by atoms with Crippen LogP contribution in [-0.4, -0.2) is 28.5 Å². The van der Waals surface area contributed by atoms with Crippen LogP contribution in [0.25, 0.3) is 0 Å². The second-order valence-electron chi connectivity index (χ2n) is 7.04. The summed E-state index contributed by atoms with van der Waals surface area (Å²) in [5.74, 6) is 0.482. The van der Waals surface area contributed by atoms with Crippen LogP contribution >= 0.6 is 0 Å². The van der Waals surface area contributed by atoms with Gasteiger partial charge in [0.15, 0.2) is 0 Å². The van der Waals surface area contributed by atoms with E-state index in [1.54, 1.807) is 61.7 Å². The van der Waals surface area contributed by atoms with E-state index in [-0.39, 0.29) is 16.8 Å². The Labute approximate surface area is 183 Å². The van der Waals surface area contributed by atoms with Crippen molar-refractivity contribution in [3.05, 3.63) is 90.0 Å². The second kappa shape index (κ2) is 9.66. The first-order valence-electron chi connectivity index (χ1n) is 9.95. The van der Waals surface area contributed by atoms with Crippen LogP contribution in [0.3, 0.4) is 0 Å². The maximum absolute atomic E-state index is 12.9. The number of nitrogens with one attached hydrogen (secondary N) is 1. The largest absolute Gasteiger partial charge is 0.497 e. The fourth-order valence-electron chi connectivity index (χ4n) is 3.23. The minimum absolute atomic E-state index is 0.173. The van der Waals surface area contributed by atoms with Gasteiger partial charge in [0.1, 0.15) is 5.75 Å². The summed E-state index contributed by atoms with van der Waals surface area (Å²) in [4.78, 5) is 13.1. The fraction of sp³-hybridized carbons (Fsp3) is 0.208. The number of rotatable bonds is 8. The Morgan fingerprint density at radius 1 is 1.00 bits per heavy atom. The molecule has 3 aromatic rings. The van der Waals surface area contributed by atoms with Crippen molar-refractivity contribution in [3.8, 4) is 5.75 Å². The molecule has 31 heavy (non-hydrogen) atoms. The van der Waals surface area contributed by atoms with Gasteiger partial charge in [0.05, 0.1) is 23.7 Å². The highest BCUT2D eigenvalue weighted by Crippen LogP contribution is 2.24. The van der Waals surface area contributed by atoms with Crippen LogP contribution in [-0.2, 0) is 10.0 Å². The van der Waals surface area contributed by atoms with Crippen molar-refractivity contribution in [2.75, 3.05) is 18.5 Å². The van der Waals surface area contributed by atoms with E-state index in [1.807, 2.05) is 31.2 Å². The molecule has 3 rings (SSSR count). The molecule has 7 heteroatoms. The van der Waals surface area contributed by atoms with Crippen LogP contribution in [0.2, 0.25) is 0 Å². The minimum Gasteiger partial charge on any atom is -0.497 e. The topological polar surface area (TPSA) is 75.7 Å². The number of carbonyl (C=O) groups is 1. The molecule has 0 bridgehead atoms. The van der Waals surface area contributed by atoms with Crippen molar-refractivity contribution < 1.29 is 17.9 Å². The van der Waals surface area contributed by atoms with Gasteiger partial charge < -0.3 is 10.1 Å². The van der Waals surface area contributed by atoms with E-state index < -0.39 is 10.0 Å². The van der Waals surface area contributed by atoms with Gasteiger partial charge >= 0.3 is 0 Å². The molecule has 0 saturated carbocycles. The van der Waals surface area contributed by atoms with E-state index in [4.69, 9.17) is 4.74 Å². The Balaban J connectivity index is 1.80. The molecule has 0 spiro atoms. The average molecular weight is 439 g/mol. The lowest BCUT2D eigenvalue weighted by Crippen LogP contribution is -2.29. The first-order chi connectivity index (χ1) is 14.9. The monoisotopic (exact) mass is 438 g/mol. The molecular formula is C24H26N2O4S. The first-order valence-corrected chi connectivity index (χ1v) is 11.4. The maximum Gasteiger partial charge on any atom is 0.264 e. The number of anilines is 1. The van der Waals surface area contributed by atoms with Crippen LogP contribution in [0.15, 0.2) is 83.8 Å². The zero-order valence-corrected chi connectivity index (χ0v) is 18.6. The van der Waals surface area contributed by atoms with Crippen molar-refractivity contribution in [3.63, 3.8) is 0 Å². The molecule has 1 N–H and O–H groups in total. The molecule has 0 aromatic heterocycles. The predicted octanol–water partition coefficient (Wildman–Crippen LogP) is 4.40. The highest BCUT2D eigenvalue weighted by molar-refractivity contribution is 7.92. The number of sulfonamides is 1. The summed E-state index contributed by atoms with van der Waals surface area (Å²) in [6.45, 7) is 1.99. The smallest absolute Gasteiger partial charge is 0.264 e. The number of amides is 1. The molecule has 0 aliphatic heterocycles. The predicted molar refractivity (Wildman–Crippen MR) is 122 cm³/mol. The van der Waals surface area contributed by atoms with Gasteiger partial charge in [-0.1, -0.05) is 43.3 Å². The zero-order chi connectivity index (χ0) is 22.4. The average Bonchev–Trinajstić information content (AvgIpc) is 2.82. The molecule has 0 unspecified atom stereocenters. The van der Waals surface area contributed by atoms with E-state index in [0.29, 0.717) is 17.7 Å². The third kappa shape index (κ3) is 5.06. The SMILES string of the molecule is CC[C@H](NC(=O)c1cccc(N(C)S(=O)(=O)c2ccccc2)c1)c1ccc(OC)cc1. The van der Waals surface area contributed by atoms with Gasteiger partial charge in [0, 0.05) is 12.6 Å². The van der Waals surface area contributed by atoms with Gasteiger partial charge in [-0.25, -0.2) is 8.42 Å². The standard InChI is InChI=1S/C24H26N2O4S/c1-4-23(18-13-15-21(30-3)16-14-18)25-24(27)19-9-8-10-20(17-19)26(2)31(28,29)22-11-6-5-7-12-22/h5-17,23H,4H2,1-3H3,(H,25,27)/t23-/m0/s1. The Kier molecular flexibility index (Phi) is 6.97. The maximum atomic E-state index is 12.9. The molecular weight excluding hydrogens is 412 g/mol. The summed E-state index contributed by atoms with van der Waals surface area (Å²) in [5.41, 5.74) is 1.77. The molecule has 0 saturated heterocycles. The minimum atomic E-state index is -3.72. The lowest BCUT2D eigenvalue weighted by Gasteiger charge is -2.21. The molecule has 1 atom stereocenters. The summed E-state index contributed by atoms with van der Waals surface area (Å²) in [6, 6.07) is 22.2. The van der Waals surface area contributed by atoms with Gasteiger partial charge in [0.2, 0.25) is 0 Å². The highest BCUT2D eigenvalue weighted by atomic mass is 32.2. The summed E-state index contributed by atoms with van der Waals surface area (Å²) in [7, 11) is -0.637. The normalized spacial score (nSPS) is 12.1. The van der Waals surface area contributed by atoms with Crippen LogP contribution in [0, 0.1) is 0 Å². The summed E-state index contributed by atoms with van der Waals surface area (Å²) >= 11 is 0. The molecule has 0 heterocycles. The molecule has 3 aromatic carbocycles. The third-order valence-corrected chi connectivity index (χ3v) is 6.91. The quantitative estimate of drug-likeness (QED) is 0.566. The van der Waals surface area contributed by atoms with Crippen LogP contribution in [0.4, 0.5) is 5.69 Å². The van der Waals surface area contributed by atoms with Crippen molar-refractivity contribution in [1.29, 1.82) is 0 Å². The van der Waals surface area contributed by atoms with E-state index in [0.717, 1.165) is 11.3 Å². The van der Waals surface area contributed by atoms with Crippen molar-refractivity contribution in [2.24, 2.45) is 0 Å². The zero-order valence-electron chi connectivity index (χ0n) is 17.8. The third-order valence-electron chi connectivity index (χ3n) is 5.11. The Bertz CT molecular complexity index is 1130. The second-order valence-corrected chi connectivity index (χ2v) is 9.01. The Morgan fingerprint density at radius 3 is 2.29 bits per heavy atom. The number of benzene rings is 3. The number of carbonyl (C=O) groups excluding carboxylic acids is 1. The van der Waals surface area contributed by atoms with E-state index in [9.17, 15) is 13.2 Å². The molecule has 0 fully saturated rings. The fourth-order valence-corrected chi connectivity index (χ4v) is 4.44. The van der Waals surface area contributed by atoms with Gasteiger partial charge in [-0.05, 0) is 54.4 Å². The van der Waals surface area contributed by atoms with E-state index in [1.165, 1.54) is 11.4 Å². The molecule has 0 aliphatic carbocycles.